The van der Waals surface area contributed by atoms with Crippen LogP contribution in [0, 0.1) is 0 Å². The fraction of sp³-hybridized carbons (Fsp3) is 0.250. The molecule has 5 heteroatoms. The van der Waals surface area contributed by atoms with Crippen molar-refractivity contribution in [1.29, 1.82) is 0 Å². The highest BCUT2D eigenvalue weighted by atomic mass is 32.1. The summed E-state index contributed by atoms with van der Waals surface area (Å²) in [5.41, 5.74) is 1.08. The summed E-state index contributed by atoms with van der Waals surface area (Å²) in [6.45, 7) is 0.611. The molecule has 0 fully saturated rings. The van der Waals surface area contributed by atoms with E-state index >= 15 is 0 Å². The first-order chi connectivity index (χ1) is 4.84. The smallest absolute Gasteiger partial charge is 0.0727 e. The third kappa shape index (κ3) is 5.43. The van der Waals surface area contributed by atoms with Crippen LogP contribution in [-0.4, -0.2) is 7.11 Å². The van der Waals surface area contributed by atoms with E-state index in [1.165, 1.54) is 0 Å². The minimum Gasteiger partial charge on any atom is -0.380 e. The minimum absolute atomic E-state index is 0. The van der Waals surface area contributed by atoms with Gasteiger partial charge in [-0.2, -0.15) is 0 Å². The Morgan fingerprint density at radius 3 is 2.15 bits per heavy atom. The molecule has 77 valence electrons. The van der Waals surface area contributed by atoms with Crippen molar-refractivity contribution < 1.29 is 18.9 Å². The van der Waals surface area contributed by atoms with Gasteiger partial charge in [0.05, 0.1) is 6.61 Å². The lowest BCUT2D eigenvalue weighted by molar-refractivity contribution is 0.183. The van der Waals surface area contributed by atoms with E-state index in [4.69, 9.17) is 17.4 Å². The second-order valence-electron chi connectivity index (χ2n) is 2.04. The zero-order valence-corrected chi connectivity index (χ0v) is 7.87. The first kappa shape index (κ1) is 18.1. The normalized spacial score (nSPS) is 7.46. The van der Waals surface area contributed by atoms with E-state index in [1.807, 2.05) is 24.3 Å². The molecule has 1 rings (SSSR count). The van der Waals surface area contributed by atoms with Gasteiger partial charge in [0.1, 0.15) is 0 Å². The average molecular weight is 213 g/mol. The average Bonchev–Trinajstić information content (AvgIpc) is 1.94. The summed E-state index contributed by atoms with van der Waals surface area (Å²) in [5, 5.41) is 0. The van der Waals surface area contributed by atoms with Crippen LogP contribution in [-0.2, 0) is 11.3 Å². The van der Waals surface area contributed by atoms with Crippen molar-refractivity contribution in [2.75, 3.05) is 7.11 Å². The predicted octanol–water partition coefficient (Wildman–Crippen LogP) is 2.85. The summed E-state index contributed by atoms with van der Waals surface area (Å²) in [6.07, 6.45) is 0. The maximum atomic E-state index is 5.04. The van der Waals surface area contributed by atoms with Gasteiger partial charge in [-0.1, -0.05) is 30.8 Å². The van der Waals surface area contributed by atoms with Gasteiger partial charge < -0.3 is 4.74 Å². The third-order valence-corrected chi connectivity index (χ3v) is 1.67. The van der Waals surface area contributed by atoms with Crippen molar-refractivity contribution >= 4 is 12.6 Å². The molecule has 0 aromatic heterocycles. The summed E-state index contributed by atoms with van der Waals surface area (Å²) in [6, 6.07) is 7.78. The molecule has 0 unspecified atom stereocenters. The van der Waals surface area contributed by atoms with Gasteiger partial charge >= 0.3 is 0 Å². The molecule has 1 radical (unpaired) electrons. The molecule has 0 aliphatic heterocycles. The summed E-state index contributed by atoms with van der Waals surface area (Å²) in [7, 11) is 1.67. The molecular weight excluding hydrogens is 201 g/mol. The molecule has 1 aromatic rings. The van der Waals surface area contributed by atoms with E-state index in [2.05, 4.69) is 0 Å². The van der Waals surface area contributed by atoms with Crippen molar-refractivity contribution in [1.82, 2.24) is 0 Å². The highest BCUT2D eigenvalue weighted by molar-refractivity contribution is 7.80. The molecule has 0 amide bonds. The number of hydrogen-bond donors (Lipinski definition) is 0. The lowest BCUT2D eigenvalue weighted by atomic mass is 10.2. The Kier molecular flexibility index (Phi) is 12.9. The van der Waals surface area contributed by atoms with Crippen molar-refractivity contribution in [2.24, 2.45) is 0 Å². The Morgan fingerprint density at radius 1 is 1.15 bits per heavy atom. The van der Waals surface area contributed by atoms with Gasteiger partial charge in [-0.15, -0.1) is 0 Å². The molecule has 1 nitrogen and oxygen atoms in total. The maximum absolute atomic E-state index is 5.04. The van der Waals surface area contributed by atoms with Crippen LogP contribution in [0.25, 0.3) is 0 Å². The predicted molar refractivity (Wildman–Crippen MR) is 50.5 cm³/mol. The molecule has 0 saturated carbocycles. The van der Waals surface area contributed by atoms with Gasteiger partial charge in [-0.25, -0.2) is 0 Å². The molecule has 0 N–H and O–H groups in total. The van der Waals surface area contributed by atoms with Gasteiger partial charge in [0.2, 0.25) is 0 Å². The van der Waals surface area contributed by atoms with Gasteiger partial charge in [0.25, 0.3) is 0 Å². The fourth-order valence-corrected chi connectivity index (χ4v) is 0.984. The van der Waals surface area contributed by atoms with Crippen LogP contribution in [0.3, 0.4) is 0 Å². The van der Waals surface area contributed by atoms with Crippen LogP contribution in [0.4, 0.5) is 14.1 Å². The number of ether oxygens (including phenoxy) is 1. The zero-order chi connectivity index (χ0) is 7.40. The molecule has 0 spiro atoms. The van der Waals surface area contributed by atoms with Crippen LogP contribution >= 0.6 is 12.6 Å². The van der Waals surface area contributed by atoms with Crippen molar-refractivity contribution in [3.8, 4) is 0 Å². The quantitative estimate of drug-likeness (QED) is 0.734. The number of rotatable bonds is 2. The SMILES string of the molecule is COCc1ccccc1[S].F.F.F. The van der Waals surface area contributed by atoms with E-state index in [0.717, 1.165) is 10.5 Å². The van der Waals surface area contributed by atoms with Crippen LogP contribution in [0.2, 0.25) is 0 Å². The van der Waals surface area contributed by atoms with E-state index in [9.17, 15) is 0 Å². The Labute approximate surface area is 80.6 Å². The van der Waals surface area contributed by atoms with Crippen LogP contribution in [0.5, 0.6) is 0 Å². The first-order valence-corrected chi connectivity index (χ1v) is 3.49. The minimum atomic E-state index is 0. The zero-order valence-electron chi connectivity index (χ0n) is 7.06. The van der Waals surface area contributed by atoms with E-state index in [-0.39, 0.29) is 14.1 Å². The number of benzene rings is 1. The van der Waals surface area contributed by atoms with Gasteiger partial charge in [-0.05, 0) is 11.6 Å². The summed E-state index contributed by atoms with van der Waals surface area (Å²) in [4.78, 5) is 0.879. The van der Waals surface area contributed by atoms with Gasteiger partial charge in [0.15, 0.2) is 0 Å². The summed E-state index contributed by atoms with van der Waals surface area (Å²) < 4.78 is 4.94. The first-order valence-electron chi connectivity index (χ1n) is 3.08. The molecule has 0 bridgehead atoms. The Bertz CT molecular complexity index is 220. The van der Waals surface area contributed by atoms with E-state index < -0.39 is 0 Å². The Hall–Kier alpha value is -0.810. The van der Waals surface area contributed by atoms with E-state index in [0.29, 0.717) is 6.61 Å². The molecule has 1 aromatic carbocycles. The van der Waals surface area contributed by atoms with Crippen LogP contribution < -0.4 is 0 Å². The second-order valence-corrected chi connectivity index (χ2v) is 2.48. The van der Waals surface area contributed by atoms with Crippen molar-refractivity contribution in [3.63, 3.8) is 0 Å². The molecular formula is C8H12F3OS. The fourth-order valence-electron chi connectivity index (χ4n) is 0.779. The second kappa shape index (κ2) is 9.28. The Balaban J connectivity index is -0.000000333. The maximum Gasteiger partial charge on any atom is 0.0727 e. The van der Waals surface area contributed by atoms with E-state index in [1.54, 1.807) is 7.11 Å². The molecule has 0 atom stereocenters. The number of methoxy groups -OCH3 is 1. The monoisotopic (exact) mass is 213 g/mol. The van der Waals surface area contributed by atoms with Crippen molar-refractivity contribution in [2.45, 2.75) is 11.5 Å². The summed E-state index contributed by atoms with van der Waals surface area (Å²) in [5.74, 6) is 0. The highest BCUT2D eigenvalue weighted by Crippen LogP contribution is 2.12. The third-order valence-electron chi connectivity index (χ3n) is 1.27. The largest absolute Gasteiger partial charge is 0.380 e. The molecule has 0 aliphatic carbocycles. The lowest BCUT2D eigenvalue weighted by Gasteiger charge is -1.99. The lowest BCUT2D eigenvalue weighted by Crippen LogP contribution is -1.87. The van der Waals surface area contributed by atoms with Crippen molar-refractivity contribution in [3.05, 3.63) is 29.8 Å². The molecule has 13 heavy (non-hydrogen) atoms. The highest BCUT2D eigenvalue weighted by Gasteiger charge is 1.94. The van der Waals surface area contributed by atoms with Gasteiger partial charge in [0, 0.05) is 12.0 Å². The standard InChI is InChI=1S/C8H9OS.3FH/c1-9-6-7-4-2-3-5-8(7)10;;;/h2-5H,6H2,1H3;3*1H. The topological polar surface area (TPSA) is 9.23 Å². The molecule has 0 heterocycles. The summed E-state index contributed by atoms with van der Waals surface area (Å²) >= 11 is 5.04. The van der Waals surface area contributed by atoms with Crippen LogP contribution in [0.1, 0.15) is 5.56 Å². The molecule has 0 aliphatic rings. The number of halogens is 3. The molecule has 0 saturated heterocycles. The van der Waals surface area contributed by atoms with Crippen LogP contribution in [0.15, 0.2) is 29.2 Å². The van der Waals surface area contributed by atoms with Gasteiger partial charge in [-0.3, -0.25) is 14.1 Å². The number of hydrogen-bond acceptors (Lipinski definition) is 1. The Morgan fingerprint density at radius 2 is 1.69 bits per heavy atom.